The van der Waals surface area contributed by atoms with Crippen LogP contribution in [0.5, 0.6) is 0 Å². The Balaban J connectivity index is 1.91. The summed E-state index contributed by atoms with van der Waals surface area (Å²) in [7, 11) is 0. The molecule has 0 aliphatic carbocycles. The number of rotatable bonds is 5. The van der Waals surface area contributed by atoms with Crippen molar-refractivity contribution in [3.63, 3.8) is 0 Å². The van der Waals surface area contributed by atoms with Crippen LogP contribution in [-0.2, 0) is 10.2 Å². The normalized spacial score (nSPS) is 25.5. The van der Waals surface area contributed by atoms with E-state index in [1.54, 1.807) is 12.1 Å². The van der Waals surface area contributed by atoms with Crippen LogP contribution < -0.4 is 5.32 Å². The van der Waals surface area contributed by atoms with Gasteiger partial charge in [0.15, 0.2) is 0 Å². The molecule has 3 rings (SSSR count). The van der Waals surface area contributed by atoms with E-state index in [4.69, 9.17) is 11.6 Å². The van der Waals surface area contributed by atoms with E-state index in [0.29, 0.717) is 5.56 Å². The molecule has 1 heterocycles. The van der Waals surface area contributed by atoms with Crippen molar-refractivity contribution in [2.45, 2.75) is 50.6 Å². The highest BCUT2D eigenvalue weighted by atomic mass is 35.5. The van der Waals surface area contributed by atoms with E-state index < -0.39 is 23.7 Å². The van der Waals surface area contributed by atoms with Crippen LogP contribution >= 0.6 is 11.6 Å². The molecule has 0 spiro atoms. The van der Waals surface area contributed by atoms with Crippen LogP contribution in [0.4, 0.5) is 4.39 Å². The number of aliphatic carboxylic acids is 1. The van der Waals surface area contributed by atoms with E-state index >= 15 is 0 Å². The molecule has 0 radical (unpaired) electrons. The number of carboxylic acid groups (broad SMARTS) is 1. The van der Waals surface area contributed by atoms with Gasteiger partial charge in [-0.05, 0) is 34.9 Å². The molecule has 4 atom stereocenters. The number of carbonyl (C=O) groups is 1. The van der Waals surface area contributed by atoms with Gasteiger partial charge in [-0.15, -0.1) is 0 Å². The van der Waals surface area contributed by atoms with Gasteiger partial charge in [0.1, 0.15) is 11.9 Å². The van der Waals surface area contributed by atoms with Crippen LogP contribution in [0.2, 0.25) is 5.02 Å². The summed E-state index contributed by atoms with van der Waals surface area (Å²) in [6.07, 6.45) is 0.751. The fourth-order valence-electron chi connectivity index (χ4n) is 4.31. The lowest BCUT2D eigenvalue weighted by Crippen LogP contribution is -2.40. The zero-order chi connectivity index (χ0) is 19.8. The van der Waals surface area contributed by atoms with Crippen molar-refractivity contribution in [3.05, 3.63) is 70.5 Å². The summed E-state index contributed by atoms with van der Waals surface area (Å²) in [5, 5.41) is 13.0. The first-order valence-corrected chi connectivity index (χ1v) is 9.58. The third-order valence-electron chi connectivity index (χ3n) is 5.85. The monoisotopic (exact) mass is 389 g/mol. The van der Waals surface area contributed by atoms with E-state index in [2.05, 4.69) is 31.3 Å². The van der Waals surface area contributed by atoms with Gasteiger partial charge in [0.2, 0.25) is 0 Å². The van der Waals surface area contributed by atoms with Crippen LogP contribution in [0.1, 0.15) is 44.2 Å². The minimum atomic E-state index is -0.966. The zero-order valence-corrected chi connectivity index (χ0v) is 16.5. The van der Waals surface area contributed by atoms with Crippen molar-refractivity contribution in [2.24, 2.45) is 5.92 Å². The number of nitrogens with one attached hydrogen (secondary N) is 1. The Labute approximate surface area is 164 Å². The predicted molar refractivity (Wildman–Crippen MR) is 106 cm³/mol. The Morgan fingerprint density at radius 3 is 2.48 bits per heavy atom. The molecular weight excluding hydrogens is 365 g/mol. The zero-order valence-electron chi connectivity index (χ0n) is 15.7. The molecule has 1 unspecified atom stereocenters. The van der Waals surface area contributed by atoms with Gasteiger partial charge >= 0.3 is 5.97 Å². The molecule has 2 aromatic carbocycles. The fourth-order valence-corrected chi connectivity index (χ4v) is 4.49. The van der Waals surface area contributed by atoms with E-state index in [1.165, 1.54) is 11.6 Å². The molecule has 1 aliphatic rings. The summed E-state index contributed by atoms with van der Waals surface area (Å²) in [6.45, 7) is 6.30. The summed E-state index contributed by atoms with van der Waals surface area (Å²) in [4.78, 5) is 11.9. The number of hydrogen-bond acceptors (Lipinski definition) is 2. The molecule has 0 bridgehead atoms. The quantitative estimate of drug-likeness (QED) is 0.757. The Morgan fingerprint density at radius 1 is 1.19 bits per heavy atom. The molecule has 5 heteroatoms. The Bertz CT molecular complexity index is 824. The topological polar surface area (TPSA) is 49.3 Å². The third-order valence-corrected chi connectivity index (χ3v) is 6.14. The third kappa shape index (κ3) is 3.87. The molecule has 0 saturated carbocycles. The van der Waals surface area contributed by atoms with Crippen molar-refractivity contribution in [3.8, 4) is 0 Å². The first-order chi connectivity index (χ1) is 12.7. The average molecular weight is 390 g/mol. The fraction of sp³-hybridized carbons (Fsp3) is 0.409. The van der Waals surface area contributed by atoms with Gasteiger partial charge in [0.05, 0.1) is 5.02 Å². The molecular formula is C22H25ClFNO2. The van der Waals surface area contributed by atoms with E-state index in [-0.39, 0.29) is 22.4 Å². The number of benzene rings is 2. The maximum absolute atomic E-state index is 14.6. The SMILES string of the molecule is CC1[C@H](CC(C)(C)c2ccccc2)N[C@@H](C(=O)O)[C@@H]1c1cccc(Cl)c1F. The maximum atomic E-state index is 14.6. The molecule has 1 fully saturated rings. The van der Waals surface area contributed by atoms with Crippen LogP contribution in [0.15, 0.2) is 48.5 Å². The highest BCUT2D eigenvalue weighted by Gasteiger charge is 2.47. The van der Waals surface area contributed by atoms with E-state index in [1.807, 2.05) is 25.1 Å². The first kappa shape index (κ1) is 19.8. The summed E-state index contributed by atoms with van der Waals surface area (Å²) in [5.41, 5.74) is 1.43. The van der Waals surface area contributed by atoms with Gasteiger partial charge in [0.25, 0.3) is 0 Å². The highest BCUT2D eigenvalue weighted by molar-refractivity contribution is 6.30. The standard InChI is InChI=1S/C22H25ClFNO2/c1-13-17(12-22(2,3)14-8-5-4-6-9-14)25-20(21(26)27)18(13)15-10-7-11-16(23)19(15)24/h4-11,13,17-18,20,25H,12H2,1-3H3,(H,26,27)/t13?,17-,18-,20+/m0/s1. The second-order valence-corrected chi connectivity index (χ2v) is 8.48. The largest absolute Gasteiger partial charge is 0.480 e. The Hall–Kier alpha value is -1.91. The van der Waals surface area contributed by atoms with Crippen molar-refractivity contribution in [1.29, 1.82) is 0 Å². The second kappa shape index (κ2) is 7.61. The van der Waals surface area contributed by atoms with Crippen LogP contribution in [-0.4, -0.2) is 23.2 Å². The van der Waals surface area contributed by atoms with Gasteiger partial charge in [-0.25, -0.2) is 4.39 Å². The Morgan fingerprint density at radius 2 is 1.85 bits per heavy atom. The van der Waals surface area contributed by atoms with Crippen molar-refractivity contribution >= 4 is 17.6 Å². The van der Waals surface area contributed by atoms with Crippen molar-refractivity contribution in [1.82, 2.24) is 5.32 Å². The molecule has 1 saturated heterocycles. The predicted octanol–water partition coefficient (Wildman–Crippen LogP) is 4.99. The van der Waals surface area contributed by atoms with Gasteiger partial charge in [-0.2, -0.15) is 0 Å². The number of hydrogen-bond donors (Lipinski definition) is 2. The van der Waals surface area contributed by atoms with Crippen LogP contribution in [0, 0.1) is 11.7 Å². The molecule has 0 aromatic heterocycles. The maximum Gasteiger partial charge on any atom is 0.321 e. The molecule has 144 valence electrons. The molecule has 0 amide bonds. The van der Waals surface area contributed by atoms with Crippen LogP contribution in [0.3, 0.4) is 0 Å². The Kier molecular flexibility index (Phi) is 5.59. The molecule has 2 N–H and O–H groups in total. The smallest absolute Gasteiger partial charge is 0.321 e. The summed E-state index contributed by atoms with van der Waals surface area (Å²) >= 11 is 5.95. The lowest BCUT2D eigenvalue weighted by molar-refractivity contribution is -0.139. The number of carboxylic acids is 1. The van der Waals surface area contributed by atoms with Crippen molar-refractivity contribution < 1.29 is 14.3 Å². The average Bonchev–Trinajstić information content (AvgIpc) is 2.94. The lowest BCUT2D eigenvalue weighted by Gasteiger charge is -2.31. The summed E-state index contributed by atoms with van der Waals surface area (Å²) in [5.74, 6) is -2.02. The second-order valence-electron chi connectivity index (χ2n) is 8.07. The minimum Gasteiger partial charge on any atom is -0.480 e. The summed E-state index contributed by atoms with van der Waals surface area (Å²) < 4.78 is 14.6. The lowest BCUT2D eigenvalue weighted by atomic mass is 9.74. The van der Waals surface area contributed by atoms with Gasteiger partial charge in [-0.3, -0.25) is 4.79 Å². The van der Waals surface area contributed by atoms with Crippen LogP contribution in [0.25, 0.3) is 0 Å². The molecule has 2 aromatic rings. The van der Waals surface area contributed by atoms with E-state index in [0.717, 1.165) is 6.42 Å². The van der Waals surface area contributed by atoms with Gasteiger partial charge in [-0.1, -0.05) is 74.8 Å². The van der Waals surface area contributed by atoms with Gasteiger partial charge in [0, 0.05) is 12.0 Å². The van der Waals surface area contributed by atoms with E-state index in [9.17, 15) is 14.3 Å². The minimum absolute atomic E-state index is 0.0249. The molecule has 27 heavy (non-hydrogen) atoms. The van der Waals surface area contributed by atoms with Crippen molar-refractivity contribution in [2.75, 3.05) is 0 Å². The highest BCUT2D eigenvalue weighted by Crippen LogP contribution is 2.42. The summed E-state index contributed by atoms with van der Waals surface area (Å²) in [6, 6.07) is 14.1. The molecule has 1 aliphatic heterocycles. The van der Waals surface area contributed by atoms with Gasteiger partial charge < -0.3 is 10.4 Å². The molecule has 3 nitrogen and oxygen atoms in total. The number of halogens is 2. The first-order valence-electron chi connectivity index (χ1n) is 9.20.